The van der Waals surface area contributed by atoms with Gasteiger partial charge in [0.2, 0.25) is 0 Å². The molecule has 0 aromatic rings. The molecule has 0 spiro atoms. The van der Waals surface area contributed by atoms with E-state index in [4.69, 9.17) is 4.74 Å². The van der Waals surface area contributed by atoms with Crippen LogP contribution in [-0.2, 0) is 14.3 Å². The van der Waals surface area contributed by atoms with E-state index in [9.17, 15) is 9.59 Å². The number of fused-ring (bicyclic) bond motifs is 6. The molecule has 29 heavy (non-hydrogen) atoms. The van der Waals surface area contributed by atoms with Crippen molar-refractivity contribution in [1.82, 2.24) is 0 Å². The molecule has 0 bridgehead atoms. The van der Waals surface area contributed by atoms with E-state index in [1.165, 1.54) is 32.1 Å². The Morgan fingerprint density at radius 3 is 2.28 bits per heavy atom. The van der Waals surface area contributed by atoms with Gasteiger partial charge in [0, 0.05) is 6.42 Å². The number of Topliss-reactive ketones (excluding diaryl/α,β-unsaturated/α-hetero) is 1. The van der Waals surface area contributed by atoms with Crippen LogP contribution < -0.4 is 0 Å². The fraction of sp³-hybridized carbons (Fsp3) is 0.846. The maximum atomic E-state index is 13.9. The maximum Gasteiger partial charge on any atom is 0.335 e. The molecule has 5 aliphatic rings. The number of hydrogen-bond donors (Lipinski definition) is 0. The Kier molecular flexibility index (Phi) is 3.94. The minimum atomic E-state index is -0.645. The molecular formula is C26H38O3. The summed E-state index contributed by atoms with van der Waals surface area (Å²) >= 11 is 0. The molecule has 3 nitrogen and oxygen atoms in total. The monoisotopic (exact) mass is 398 g/mol. The fourth-order valence-electron chi connectivity index (χ4n) is 9.55. The second kappa shape index (κ2) is 5.77. The van der Waals surface area contributed by atoms with E-state index in [-0.39, 0.29) is 28.8 Å². The van der Waals surface area contributed by atoms with Gasteiger partial charge in [0.25, 0.3) is 0 Å². The molecule has 3 heteroatoms. The summed E-state index contributed by atoms with van der Waals surface area (Å²) in [5.41, 5.74) is 1.96. The number of carbonyl (C=O) groups is 2. The van der Waals surface area contributed by atoms with Gasteiger partial charge in [-0.05, 0) is 91.9 Å². The summed E-state index contributed by atoms with van der Waals surface area (Å²) in [5, 5.41) is 0. The Balaban J connectivity index is 1.62. The van der Waals surface area contributed by atoms with Crippen LogP contribution in [-0.4, -0.2) is 17.9 Å². The molecule has 3 unspecified atom stereocenters. The zero-order chi connectivity index (χ0) is 21.0. The van der Waals surface area contributed by atoms with Gasteiger partial charge in [-0.2, -0.15) is 0 Å². The second-order valence-electron chi connectivity index (χ2n) is 12.4. The first-order chi connectivity index (χ1) is 13.5. The van der Waals surface area contributed by atoms with Crippen LogP contribution in [0.1, 0.15) is 92.9 Å². The minimum absolute atomic E-state index is 0.131. The van der Waals surface area contributed by atoms with Crippen molar-refractivity contribution >= 4 is 11.8 Å². The van der Waals surface area contributed by atoms with Crippen molar-refractivity contribution in [3.8, 4) is 0 Å². The molecule has 0 saturated heterocycles. The molecular weight excluding hydrogens is 360 g/mol. The highest BCUT2D eigenvalue weighted by molar-refractivity contribution is 6.04. The quantitative estimate of drug-likeness (QED) is 0.480. The number of rotatable bonds is 0. The molecule has 4 aliphatic carbocycles. The number of carbonyl (C=O) groups excluding carboxylic acids is 2. The normalized spacial score (nSPS) is 51.0. The predicted octanol–water partition coefficient (Wildman–Crippen LogP) is 5.87. The standard InChI is InChI=1S/C26H38O3/c1-15-16-8-9-18-25(5)13-10-17-23(2,3)11-7-12-24(17,4)19(25)14-20(27)26(18,6)21(16)22(28)29-15/h15,17-19H,7-14H2,1-6H3/t15-,17?,18?,19?,24-,25-,26+/m0/s1. The van der Waals surface area contributed by atoms with E-state index in [0.29, 0.717) is 29.5 Å². The van der Waals surface area contributed by atoms with E-state index in [1.54, 1.807) is 0 Å². The predicted molar refractivity (Wildman–Crippen MR) is 113 cm³/mol. The Bertz CT molecular complexity index is 822. The molecule has 0 aromatic heterocycles. The summed E-state index contributed by atoms with van der Waals surface area (Å²) in [6, 6.07) is 0. The number of esters is 1. The average Bonchev–Trinajstić information content (AvgIpc) is 2.91. The smallest absolute Gasteiger partial charge is 0.335 e. The first kappa shape index (κ1) is 19.8. The third kappa shape index (κ3) is 2.26. The summed E-state index contributed by atoms with van der Waals surface area (Å²) in [7, 11) is 0. The van der Waals surface area contributed by atoms with E-state index in [2.05, 4.69) is 34.6 Å². The summed E-state index contributed by atoms with van der Waals surface area (Å²) < 4.78 is 5.61. The number of cyclic esters (lactones) is 1. The molecule has 160 valence electrons. The molecule has 3 saturated carbocycles. The van der Waals surface area contributed by atoms with Crippen LogP contribution in [0.2, 0.25) is 0 Å². The molecule has 1 heterocycles. The van der Waals surface area contributed by atoms with E-state index >= 15 is 0 Å². The van der Waals surface area contributed by atoms with Crippen molar-refractivity contribution in [2.45, 2.75) is 99.0 Å². The van der Waals surface area contributed by atoms with Crippen molar-refractivity contribution < 1.29 is 14.3 Å². The zero-order valence-corrected chi connectivity index (χ0v) is 19.2. The lowest BCUT2D eigenvalue weighted by atomic mass is 9.35. The second-order valence-corrected chi connectivity index (χ2v) is 12.4. The van der Waals surface area contributed by atoms with Crippen LogP contribution in [0.3, 0.4) is 0 Å². The van der Waals surface area contributed by atoms with Gasteiger partial charge < -0.3 is 4.74 Å². The van der Waals surface area contributed by atoms with Crippen LogP contribution >= 0.6 is 0 Å². The maximum absolute atomic E-state index is 13.9. The lowest BCUT2D eigenvalue weighted by Crippen LogP contribution is -2.64. The summed E-state index contributed by atoms with van der Waals surface area (Å²) in [6.45, 7) is 14.0. The number of hydrogen-bond acceptors (Lipinski definition) is 3. The van der Waals surface area contributed by atoms with Crippen LogP contribution in [0.25, 0.3) is 0 Å². The highest BCUT2D eigenvalue weighted by Crippen LogP contribution is 2.72. The van der Waals surface area contributed by atoms with E-state index < -0.39 is 5.41 Å². The van der Waals surface area contributed by atoms with Crippen LogP contribution in [0.4, 0.5) is 0 Å². The Morgan fingerprint density at radius 2 is 1.55 bits per heavy atom. The Morgan fingerprint density at radius 1 is 0.862 bits per heavy atom. The van der Waals surface area contributed by atoms with Gasteiger partial charge in [0.15, 0.2) is 0 Å². The van der Waals surface area contributed by atoms with Gasteiger partial charge >= 0.3 is 5.97 Å². The first-order valence-electron chi connectivity index (χ1n) is 11.9. The lowest BCUT2D eigenvalue weighted by molar-refractivity contribution is -0.191. The molecule has 0 aromatic carbocycles. The van der Waals surface area contributed by atoms with E-state index in [0.717, 1.165) is 24.0 Å². The zero-order valence-electron chi connectivity index (χ0n) is 19.2. The van der Waals surface area contributed by atoms with Crippen molar-refractivity contribution in [3.05, 3.63) is 11.1 Å². The highest BCUT2D eigenvalue weighted by Gasteiger charge is 2.69. The topological polar surface area (TPSA) is 43.4 Å². The van der Waals surface area contributed by atoms with Gasteiger partial charge in [-0.1, -0.05) is 34.1 Å². The van der Waals surface area contributed by atoms with Crippen molar-refractivity contribution in [2.75, 3.05) is 0 Å². The average molecular weight is 399 g/mol. The van der Waals surface area contributed by atoms with Gasteiger partial charge in [-0.3, -0.25) is 4.79 Å². The molecule has 3 fully saturated rings. The molecule has 0 amide bonds. The highest BCUT2D eigenvalue weighted by atomic mass is 16.5. The SMILES string of the molecule is C[C@@H]1OC(=O)C2=C1CCC1[C@]2(C)C(=O)CC2[C@@]3(C)CCCC(C)(C)C3CC[C@@]12C. The van der Waals surface area contributed by atoms with Gasteiger partial charge in [0.1, 0.15) is 11.9 Å². The molecule has 5 rings (SSSR count). The van der Waals surface area contributed by atoms with Crippen molar-refractivity contribution in [3.63, 3.8) is 0 Å². The molecule has 0 radical (unpaired) electrons. The molecule has 1 aliphatic heterocycles. The van der Waals surface area contributed by atoms with Gasteiger partial charge in [-0.25, -0.2) is 4.79 Å². The Labute approximate surface area is 176 Å². The molecule has 7 atom stereocenters. The molecule has 0 N–H and O–H groups in total. The van der Waals surface area contributed by atoms with Crippen molar-refractivity contribution in [1.29, 1.82) is 0 Å². The summed E-state index contributed by atoms with van der Waals surface area (Å²) in [6.07, 6.45) is 8.75. The van der Waals surface area contributed by atoms with Crippen LogP contribution in [0.15, 0.2) is 11.1 Å². The van der Waals surface area contributed by atoms with Gasteiger partial charge in [-0.15, -0.1) is 0 Å². The third-order valence-corrected chi connectivity index (χ3v) is 10.8. The largest absolute Gasteiger partial charge is 0.455 e. The lowest BCUT2D eigenvalue weighted by Gasteiger charge is -2.68. The number of ketones is 1. The van der Waals surface area contributed by atoms with Gasteiger partial charge in [0.05, 0.1) is 11.0 Å². The fourth-order valence-corrected chi connectivity index (χ4v) is 9.55. The third-order valence-electron chi connectivity index (χ3n) is 10.8. The number of ether oxygens (including phenoxy) is 1. The van der Waals surface area contributed by atoms with Crippen molar-refractivity contribution in [2.24, 2.45) is 39.4 Å². The van der Waals surface area contributed by atoms with Crippen LogP contribution in [0.5, 0.6) is 0 Å². The van der Waals surface area contributed by atoms with E-state index in [1.807, 2.05) is 6.92 Å². The summed E-state index contributed by atoms with van der Waals surface area (Å²) in [4.78, 5) is 26.7. The first-order valence-corrected chi connectivity index (χ1v) is 11.9. The minimum Gasteiger partial charge on any atom is -0.455 e. The Hall–Kier alpha value is -1.12. The van der Waals surface area contributed by atoms with Crippen LogP contribution in [0, 0.1) is 39.4 Å². The summed E-state index contributed by atoms with van der Waals surface area (Å²) in [5.74, 6) is 1.51.